The Morgan fingerprint density at radius 1 is 0.952 bits per heavy atom. The van der Waals surface area contributed by atoms with E-state index < -0.39 is 19.1 Å². The lowest BCUT2D eigenvalue weighted by molar-refractivity contribution is 0.122. The fourth-order valence-corrected chi connectivity index (χ4v) is 5.24. The van der Waals surface area contributed by atoms with Crippen LogP contribution in [0.4, 0.5) is 36.2 Å². The molecule has 6 rings (SSSR count). The monoisotopic (exact) mass is 579 g/mol. The van der Waals surface area contributed by atoms with Gasteiger partial charge in [-0.05, 0) is 43.9 Å². The van der Waals surface area contributed by atoms with Crippen LogP contribution in [0, 0.1) is 0 Å². The van der Waals surface area contributed by atoms with E-state index in [1.54, 1.807) is 18.5 Å². The number of rotatable bonds is 9. The van der Waals surface area contributed by atoms with Crippen LogP contribution in [0.2, 0.25) is 0 Å². The van der Waals surface area contributed by atoms with Gasteiger partial charge in [-0.3, -0.25) is 9.67 Å². The minimum absolute atomic E-state index is 0.133. The lowest BCUT2D eigenvalue weighted by atomic mass is 9.93. The van der Waals surface area contributed by atoms with Gasteiger partial charge in [0, 0.05) is 55.0 Å². The summed E-state index contributed by atoms with van der Waals surface area (Å²) in [4.78, 5) is 20.4. The Morgan fingerprint density at radius 3 is 2.55 bits per heavy atom. The summed E-state index contributed by atoms with van der Waals surface area (Å²) in [6.07, 6.45) is 7.46. The molecule has 0 unspecified atom stereocenters. The van der Waals surface area contributed by atoms with Gasteiger partial charge in [0.05, 0.1) is 42.6 Å². The molecule has 1 saturated carbocycles. The van der Waals surface area contributed by atoms with Crippen molar-refractivity contribution < 1.29 is 17.9 Å². The molecule has 0 aromatic carbocycles. The second kappa shape index (κ2) is 12.7. The molecule has 13 heteroatoms. The number of nitrogens with one attached hydrogen (secondary N) is 2. The Hall–Kier alpha value is -4.26. The van der Waals surface area contributed by atoms with E-state index in [-0.39, 0.29) is 6.04 Å². The molecule has 1 saturated heterocycles. The molecule has 220 valence electrons. The van der Waals surface area contributed by atoms with Gasteiger partial charge in [0.25, 0.3) is 6.43 Å². The molecule has 0 amide bonds. The number of ether oxygens (including phenoxy) is 1. The van der Waals surface area contributed by atoms with Gasteiger partial charge >= 0.3 is 0 Å². The number of nitrogens with zero attached hydrogens (tertiary/aromatic N) is 7. The Balaban J connectivity index is 1.24. The van der Waals surface area contributed by atoms with Crippen LogP contribution in [0.5, 0.6) is 0 Å². The fourth-order valence-electron chi connectivity index (χ4n) is 5.24. The molecular weight excluding hydrogens is 547 g/mol. The predicted molar refractivity (Wildman–Crippen MR) is 154 cm³/mol. The Morgan fingerprint density at radius 2 is 1.79 bits per heavy atom. The standard InChI is InChI=1S/C29H32F3N9O/c30-20-1-3-21(4-2-20)37-25-13-28(35-16-23(25)24-6-5-22(15-34-24)40-9-11-42-12-10-40)38-27-7-8-33-29(39-27)19-14-36-41(17-19)18-26(31)32/h5-8,13-17,20-21,26H,1-4,9-12,18H2,(H2,33,35,37,38,39). The molecule has 2 fully saturated rings. The minimum atomic E-state index is -2.51. The third kappa shape index (κ3) is 6.78. The van der Waals surface area contributed by atoms with Crippen molar-refractivity contribution >= 4 is 23.0 Å². The molecule has 0 spiro atoms. The second-order valence-electron chi connectivity index (χ2n) is 10.4. The predicted octanol–water partition coefficient (Wildman–Crippen LogP) is 5.34. The van der Waals surface area contributed by atoms with Gasteiger partial charge in [-0.25, -0.2) is 28.1 Å². The van der Waals surface area contributed by atoms with E-state index in [9.17, 15) is 13.2 Å². The smallest absolute Gasteiger partial charge is 0.257 e. The summed E-state index contributed by atoms with van der Waals surface area (Å²) in [7, 11) is 0. The third-order valence-corrected chi connectivity index (χ3v) is 7.45. The minimum Gasteiger partial charge on any atom is -0.382 e. The van der Waals surface area contributed by atoms with Crippen LogP contribution in [-0.4, -0.2) is 74.7 Å². The zero-order valence-corrected chi connectivity index (χ0v) is 23.0. The molecule has 0 atom stereocenters. The van der Waals surface area contributed by atoms with Gasteiger partial charge in [0.15, 0.2) is 5.82 Å². The second-order valence-corrected chi connectivity index (χ2v) is 10.4. The molecule has 10 nitrogen and oxygen atoms in total. The molecule has 0 radical (unpaired) electrons. The molecule has 2 aliphatic rings. The van der Waals surface area contributed by atoms with Crippen LogP contribution in [0.25, 0.3) is 22.6 Å². The van der Waals surface area contributed by atoms with Gasteiger partial charge in [0.2, 0.25) is 0 Å². The van der Waals surface area contributed by atoms with Crippen molar-refractivity contribution in [1.82, 2.24) is 29.7 Å². The molecule has 42 heavy (non-hydrogen) atoms. The van der Waals surface area contributed by atoms with Crippen molar-refractivity contribution in [1.29, 1.82) is 0 Å². The van der Waals surface area contributed by atoms with E-state index in [0.29, 0.717) is 49.1 Å². The Bertz CT molecular complexity index is 1470. The Kier molecular flexibility index (Phi) is 8.45. The molecule has 4 aromatic rings. The summed E-state index contributed by atoms with van der Waals surface area (Å²) in [5, 5.41) is 10.8. The third-order valence-electron chi connectivity index (χ3n) is 7.45. The summed E-state index contributed by atoms with van der Waals surface area (Å²) in [5.41, 5.74) is 4.02. The number of hydrogen-bond donors (Lipinski definition) is 2. The van der Waals surface area contributed by atoms with Crippen molar-refractivity contribution in [3.8, 4) is 22.6 Å². The number of pyridine rings is 2. The molecular formula is C29H32F3N9O. The summed E-state index contributed by atoms with van der Waals surface area (Å²) < 4.78 is 45.9. The van der Waals surface area contributed by atoms with E-state index in [1.807, 2.05) is 18.3 Å². The number of halogens is 3. The van der Waals surface area contributed by atoms with Crippen LogP contribution in [-0.2, 0) is 11.3 Å². The molecule has 5 heterocycles. The van der Waals surface area contributed by atoms with Crippen molar-refractivity contribution in [2.45, 2.75) is 50.9 Å². The molecule has 1 aliphatic carbocycles. The first-order valence-electron chi connectivity index (χ1n) is 14.1. The van der Waals surface area contributed by atoms with Gasteiger partial charge in [-0.15, -0.1) is 0 Å². The Labute approximate surface area is 241 Å². The average Bonchev–Trinajstić information content (AvgIpc) is 3.47. The van der Waals surface area contributed by atoms with Gasteiger partial charge < -0.3 is 20.3 Å². The first-order chi connectivity index (χ1) is 20.5. The van der Waals surface area contributed by atoms with Crippen LogP contribution < -0.4 is 15.5 Å². The zero-order chi connectivity index (χ0) is 28.9. The zero-order valence-electron chi connectivity index (χ0n) is 23.0. The van der Waals surface area contributed by atoms with Gasteiger partial charge in [-0.1, -0.05) is 0 Å². The van der Waals surface area contributed by atoms with Crippen LogP contribution in [0.3, 0.4) is 0 Å². The summed E-state index contributed by atoms with van der Waals surface area (Å²) in [6, 6.07) is 7.78. The maximum atomic E-state index is 13.8. The van der Waals surface area contributed by atoms with E-state index in [2.05, 4.69) is 41.7 Å². The van der Waals surface area contributed by atoms with Crippen LogP contribution >= 0.6 is 0 Å². The first kappa shape index (κ1) is 27.9. The highest BCUT2D eigenvalue weighted by atomic mass is 19.3. The van der Waals surface area contributed by atoms with Crippen molar-refractivity contribution in [3.63, 3.8) is 0 Å². The largest absolute Gasteiger partial charge is 0.382 e. The highest BCUT2D eigenvalue weighted by molar-refractivity contribution is 5.78. The van der Waals surface area contributed by atoms with Crippen LogP contribution in [0.15, 0.2) is 55.2 Å². The van der Waals surface area contributed by atoms with E-state index >= 15 is 0 Å². The van der Waals surface area contributed by atoms with E-state index in [1.165, 1.54) is 17.1 Å². The number of hydrogen-bond acceptors (Lipinski definition) is 9. The quantitative estimate of drug-likeness (QED) is 0.272. The van der Waals surface area contributed by atoms with Crippen molar-refractivity contribution in [3.05, 3.63) is 55.2 Å². The maximum Gasteiger partial charge on any atom is 0.257 e. The number of morpholine rings is 1. The molecule has 0 bridgehead atoms. The molecule has 4 aromatic heterocycles. The first-order valence-corrected chi connectivity index (χ1v) is 14.1. The highest BCUT2D eigenvalue weighted by Gasteiger charge is 2.22. The van der Waals surface area contributed by atoms with Crippen LogP contribution in [0.1, 0.15) is 25.7 Å². The summed E-state index contributed by atoms with van der Waals surface area (Å²) >= 11 is 0. The van der Waals surface area contributed by atoms with Gasteiger partial charge in [0.1, 0.15) is 24.4 Å². The van der Waals surface area contributed by atoms with Gasteiger partial charge in [-0.2, -0.15) is 5.10 Å². The van der Waals surface area contributed by atoms with Crippen molar-refractivity contribution in [2.75, 3.05) is 41.8 Å². The molecule has 2 N–H and O–H groups in total. The maximum absolute atomic E-state index is 13.8. The normalized spacial score (nSPS) is 19.2. The number of aromatic nitrogens is 6. The summed E-state index contributed by atoms with van der Waals surface area (Å²) in [5.74, 6) is 1.38. The fraction of sp³-hybridized carbons (Fsp3) is 0.414. The SMILES string of the molecule is FC(F)Cn1cc(-c2nccc(Nc3cc(NC4CCC(F)CC4)c(-c4ccc(N5CCOCC5)cn4)cn3)n2)cn1. The topological polar surface area (TPSA) is 106 Å². The van der Waals surface area contributed by atoms with Crippen molar-refractivity contribution in [2.24, 2.45) is 0 Å². The molecule has 1 aliphatic heterocycles. The lowest BCUT2D eigenvalue weighted by Gasteiger charge is -2.29. The number of alkyl halides is 3. The highest BCUT2D eigenvalue weighted by Crippen LogP contribution is 2.33. The lowest BCUT2D eigenvalue weighted by Crippen LogP contribution is -2.36. The summed E-state index contributed by atoms with van der Waals surface area (Å²) in [6.45, 7) is 2.56. The van der Waals surface area contributed by atoms with E-state index in [4.69, 9.17) is 9.72 Å². The van der Waals surface area contributed by atoms with E-state index in [0.717, 1.165) is 48.6 Å². The average molecular weight is 580 g/mol. The number of anilines is 4.